The van der Waals surface area contributed by atoms with Crippen molar-refractivity contribution in [3.05, 3.63) is 40.5 Å². The maximum Gasteiger partial charge on any atom is 0.547 e. The van der Waals surface area contributed by atoms with Crippen LogP contribution in [0.5, 0.6) is 0 Å². The molecule has 3 rings (SSSR count). The topological polar surface area (TPSA) is 110 Å². The third-order valence-corrected chi connectivity index (χ3v) is 5.58. The van der Waals surface area contributed by atoms with Crippen LogP contribution >= 0.6 is 11.3 Å². The third-order valence-electron chi connectivity index (χ3n) is 4.36. The highest BCUT2D eigenvalue weighted by atomic mass is 32.1. The SMILES string of the molecule is CC[N+]1(C(=O)O)N=C(NC(=O)c2cccn2C)c2cc(C(=O)OC(C)(C)C)sc21. The zero-order valence-electron chi connectivity index (χ0n) is 16.8. The summed E-state index contributed by atoms with van der Waals surface area (Å²) in [6.45, 7) is 7.05. The first-order chi connectivity index (χ1) is 13.5. The summed E-state index contributed by atoms with van der Waals surface area (Å²) in [5.74, 6) is -0.861. The molecule has 2 aromatic heterocycles. The highest BCUT2D eigenvalue weighted by Gasteiger charge is 2.50. The van der Waals surface area contributed by atoms with E-state index in [1.54, 1.807) is 57.6 Å². The average molecular weight is 419 g/mol. The number of nitrogens with one attached hydrogen (secondary N) is 1. The Labute approximate surface area is 171 Å². The summed E-state index contributed by atoms with van der Waals surface area (Å²) in [6.07, 6.45) is 0.528. The number of ether oxygens (including phenoxy) is 1. The van der Waals surface area contributed by atoms with E-state index in [-0.39, 0.29) is 17.3 Å². The maximum absolute atomic E-state index is 12.6. The van der Waals surface area contributed by atoms with E-state index in [9.17, 15) is 19.5 Å². The van der Waals surface area contributed by atoms with Crippen molar-refractivity contribution >= 4 is 40.1 Å². The molecule has 29 heavy (non-hydrogen) atoms. The predicted molar refractivity (Wildman–Crippen MR) is 109 cm³/mol. The number of amidine groups is 1. The minimum absolute atomic E-state index is 0.111. The standard InChI is InChI=1S/C19H22N4O5S/c1-6-23(18(26)27)16-11(10-13(29-16)17(25)28-19(2,3)4)14(21-23)20-15(24)12-8-7-9-22(12)5/h7-10H,6H2,1-5H3,(H-,20,21,24,26,27)/p+1. The highest BCUT2D eigenvalue weighted by Crippen LogP contribution is 2.42. The molecule has 2 aromatic rings. The normalized spacial score (nSPS) is 18.2. The Kier molecular flexibility index (Phi) is 5.10. The molecule has 2 amide bonds. The van der Waals surface area contributed by atoms with Crippen LogP contribution < -0.4 is 9.91 Å². The van der Waals surface area contributed by atoms with E-state index in [0.29, 0.717) is 16.3 Å². The molecule has 3 heterocycles. The third kappa shape index (κ3) is 3.68. The Hall–Kier alpha value is -2.98. The van der Waals surface area contributed by atoms with Gasteiger partial charge in [-0.2, -0.15) is 4.79 Å². The van der Waals surface area contributed by atoms with E-state index < -0.39 is 28.2 Å². The first-order valence-corrected chi connectivity index (χ1v) is 9.82. The van der Waals surface area contributed by atoms with Gasteiger partial charge in [-0.3, -0.25) is 4.79 Å². The van der Waals surface area contributed by atoms with Gasteiger partial charge < -0.3 is 19.7 Å². The number of fused-ring (bicyclic) bond motifs is 1. The van der Waals surface area contributed by atoms with Crippen LogP contribution in [0.15, 0.2) is 29.5 Å². The summed E-state index contributed by atoms with van der Waals surface area (Å²) in [5.41, 5.74) is 0.114. The number of hydrogen-bond acceptors (Lipinski definition) is 6. The minimum Gasteiger partial charge on any atom is -0.456 e. The predicted octanol–water partition coefficient (Wildman–Crippen LogP) is 3.15. The molecule has 0 spiro atoms. The van der Waals surface area contributed by atoms with Crippen LogP contribution in [0.25, 0.3) is 0 Å². The molecule has 9 nitrogen and oxygen atoms in total. The van der Waals surface area contributed by atoms with Crippen molar-refractivity contribution in [3.63, 3.8) is 0 Å². The largest absolute Gasteiger partial charge is 0.547 e. The molecular formula is C19H23N4O5S+. The second-order valence-corrected chi connectivity index (χ2v) is 8.64. The van der Waals surface area contributed by atoms with Crippen molar-refractivity contribution in [3.8, 4) is 0 Å². The second kappa shape index (κ2) is 7.12. The van der Waals surface area contributed by atoms with Gasteiger partial charge in [0.25, 0.3) is 5.91 Å². The Bertz CT molecular complexity index is 1030. The number of carbonyl (C=O) groups is 3. The van der Waals surface area contributed by atoms with Crippen LogP contribution in [0.2, 0.25) is 0 Å². The summed E-state index contributed by atoms with van der Waals surface area (Å²) < 4.78 is 6.30. The van der Waals surface area contributed by atoms with E-state index in [1.807, 2.05) is 0 Å². The van der Waals surface area contributed by atoms with Gasteiger partial charge in [-0.15, -0.1) is 0 Å². The van der Waals surface area contributed by atoms with Crippen molar-refractivity contribution in [2.45, 2.75) is 33.3 Å². The lowest BCUT2D eigenvalue weighted by atomic mass is 10.2. The fourth-order valence-corrected chi connectivity index (χ4v) is 4.14. The van der Waals surface area contributed by atoms with E-state index >= 15 is 0 Å². The van der Waals surface area contributed by atoms with Crippen LogP contribution in [0.1, 0.15) is 53.4 Å². The lowest BCUT2D eigenvalue weighted by Crippen LogP contribution is -2.47. The van der Waals surface area contributed by atoms with Crippen LogP contribution in [0, 0.1) is 0 Å². The summed E-state index contributed by atoms with van der Waals surface area (Å²) in [5, 5.41) is 17.2. The number of nitrogens with zero attached hydrogens (tertiary/aromatic N) is 3. The van der Waals surface area contributed by atoms with E-state index in [1.165, 1.54) is 6.07 Å². The number of rotatable bonds is 3. The van der Waals surface area contributed by atoms with Crippen molar-refractivity contribution in [2.75, 3.05) is 6.54 Å². The Balaban J connectivity index is 2.02. The van der Waals surface area contributed by atoms with Gasteiger partial charge in [0.1, 0.15) is 22.7 Å². The van der Waals surface area contributed by atoms with Crippen molar-refractivity contribution in [1.82, 2.24) is 14.5 Å². The number of quaternary nitrogens is 1. The van der Waals surface area contributed by atoms with Gasteiger partial charge in [0.05, 0.1) is 5.56 Å². The molecule has 0 bridgehead atoms. The molecule has 0 aromatic carbocycles. The lowest BCUT2D eigenvalue weighted by molar-refractivity contribution is 0.00750. The van der Waals surface area contributed by atoms with Gasteiger partial charge >= 0.3 is 12.1 Å². The number of amides is 2. The van der Waals surface area contributed by atoms with E-state index in [0.717, 1.165) is 11.3 Å². The number of aromatic nitrogens is 1. The average Bonchev–Trinajstić information content (AvgIpc) is 3.28. The number of hydrogen-bond donors (Lipinski definition) is 2. The number of aryl methyl sites for hydroxylation is 1. The van der Waals surface area contributed by atoms with E-state index in [2.05, 4.69) is 10.4 Å². The Morgan fingerprint density at radius 3 is 2.55 bits per heavy atom. The lowest BCUT2D eigenvalue weighted by Gasteiger charge is -2.20. The van der Waals surface area contributed by atoms with Gasteiger partial charge in [-0.05, 0) is 51.0 Å². The maximum atomic E-state index is 12.6. The smallest absolute Gasteiger partial charge is 0.456 e. The molecule has 1 aliphatic rings. The summed E-state index contributed by atoms with van der Waals surface area (Å²) in [6, 6.07) is 4.90. The first-order valence-electron chi connectivity index (χ1n) is 9.01. The fourth-order valence-electron chi connectivity index (χ4n) is 2.96. The summed E-state index contributed by atoms with van der Waals surface area (Å²) in [4.78, 5) is 37.5. The second-order valence-electron chi connectivity index (χ2n) is 7.61. The molecule has 1 unspecified atom stereocenters. The molecule has 1 aliphatic heterocycles. The molecule has 10 heteroatoms. The monoisotopic (exact) mass is 419 g/mol. The molecule has 0 radical (unpaired) electrons. The highest BCUT2D eigenvalue weighted by molar-refractivity contribution is 7.18. The fraction of sp³-hybridized carbons (Fsp3) is 0.368. The van der Waals surface area contributed by atoms with Gasteiger partial charge in [0.2, 0.25) is 10.8 Å². The molecular weight excluding hydrogens is 396 g/mol. The number of carbonyl (C=O) groups excluding carboxylic acids is 2. The van der Waals surface area contributed by atoms with Gasteiger partial charge in [0, 0.05) is 13.2 Å². The van der Waals surface area contributed by atoms with Crippen LogP contribution in [-0.2, 0) is 11.8 Å². The van der Waals surface area contributed by atoms with E-state index in [4.69, 9.17) is 4.74 Å². The number of esters is 1. The quantitative estimate of drug-likeness (QED) is 0.587. The zero-order valence-corrected chi connectivity index (χ0v) is 17.7. The van der Waals surface area contributed by atoms with Gasteiger partial charge in [-0.25, -0.2) is 4.79 Å². The van der Waals surface area contributed by atoms with Crippen molar-refractivity contribution < 1.29 is 24.2 Å². The number of thiophene rings is 1. The molecule has 1 atom stereocenters. The summed E-state index contributed by atoms with van der Waals surface area (Å²) in [7, 11) is 1.73. The van der Waals surface area contributed by atoms with Crippen molar-refractivity contribution in [1.29, 1.82) is 0 Å². The minimum atomic E-state index is -1.20. The molecule has 0 saturated heterocycles. The van der Waals surface area contributed by atoms with Crippen LogP contribution in [0.4, 0.5) is 9.80 Å². The zero-order chi connectivity index (χ0) is 21.6. The van der Waals surface area contributed by atoms with Gasteiger partial charge in [-0.1, -0.05) is 15.9 Å². The van der Waals surface area contributed by atoms with Crippen LogP contribution in [-0.4, -0.2) is 45.6 Å². The number of carboxylic acid groups (broad SMARTS) is 1. The molecule has 2 N–H and O–H groups in total. The molecule has 154 valence electrons. The summed E-state index contributed by atoms with van der Waals surface area (Å²) >= 11 is 1.01. The Morgan fingerprint density at radius 1 is 1.34 bits per heavy atom. The van der Waals surface area contributed by atoms with Crippen molar-refractivity contribution in [2.24, 2.45) is 12.1 Å². The molecule has 0 aliphatic carbocycles. The van der Waals surface area contributed by atoms with Crippen LogP contribution in [0.3, 0.4) is 0 Å². The molecule has 0 saturated carbocycles. The Morgan fingerprint density at radius 2 is 2.03 bits per heavy atom. The molecule has 0 fully saturated rings. The van der Waals surface area contributed by atoms with Gasteiger partial charge in [0.15, 0.2) is 0 Å². The first kappa shape index (κ1) is 20.7.